The summed E-state index contributed by atoms with van der Waals surface area (Å²) in [4.78, 5) is 12.0. The zero-order valence-corrected chi connectivity index (χ0v) is 11.1. The van der Waals surface area contributed by atoms with Crippen molar-refractivity contribution in [1.82, 2.24) is 0 Å². The van der Waals surface area contributed by atoms with E-state index in [4.69, 9.17) is 4.74 Å². The highest BCUT2D eigenvalue weighted by molar-refractivity contribution is 5.95. The van der Waals surface area contributed by atoms with Crippen LogP contribution in [0.4, 0.5) is 5.69 Å². The Bertz CT molecular complexity index is 411. The first-order valence-electron chi connectivity index (χ1n) is 6.73. The minimum atomic E-state index is -0.269. The predicted molar refractivity (Wildman–Crippen MR) is 72.8 cm³/mol. The fourth-order valence-electron chi connectivity index (χ4n) is 2.26. The molecule has 1 N–H and O–H groups in total. The fraction of sp³-hybridized carbons (Fsp3) is 0.533. The lowest BCUT2D eigenvalue weighted by Crippen LogP contribution is -2.27. The molecule has 3 nitrogen and oxygen atoms in total. The summed E-state index contributed by atoms with van der Waals surface area (Å²) in [6.45, 7) is 5.03. The summed E-state index contributed by atoms with van der Waals surface area (Å²) in [6.07, 6.45) is 2.60. The van der Waals surface area contributed by atoms with E-state index < -0.39 is 0 Å². The molecule has 1 aliphatic rings. The molecule has 3 heteroatoms. The van der Waals surface area contributed by atoms with Gasteiger partial charge in [-0.1, -0.05) is 32.0 Å². The van der Waals surface area contributed by atoms with Crippen LogP contribution in [0.15, 0.2) is 24.3 Å². The standard InChI is InChI=1S/C15H21NO2/c1-3-11(2)12-7-4-5-8-13(12)16-15(17)14-9-6-10-18-14/h4-5,7-8,11,14H,3,6,9-10H2,1-2H3,(H,16,17)/t11-,14-/m1/s1. The normalized spacial score (nSPS) is 20.7. The largest absolute Gasteiger partial charge is 0.368 e. The SMILES string of the molecule is CC[C@@H](C)c1ccccc1NC(=O)[C@H]1CCCO1. The van der Waals surface area contributed by atoms with Gasteiger partial charge in [-0.3, -0.25) is 4.79 Å². The van der Waals surface area contributed by atoms with Crippen molar-refractivity contribution in [1.29, 1.82) is 0 Å². The lowest BCUT2D eigenvalue weighted by atomic mass is 9.97. The number of nitrogens with one attached hydrogen (secondary N) is 1. The molecule has 0 spiro atoms. The molecule has 1 fully saturated rings. The zero-order valence-electron chi connectivity index (χ0n) is 11.1. The van der Waals surface area contributed by atoms with E-state index in [1.165, 1.54) is 5.56 Å². The van der Waals surface area contributed by atoms with Crippen molar-refractivity contribution in [2.24, 2.45) is 0 Å². The second kappa shape index (κ2) is 6.01. The van der Waals surface area contributed by atoms with E-state index in [1.807, 2.05) is 18.2 Å². The van der Waals surface area contributed by atoms with Gasteiger partial charge in [0.15, 0.2) is 0 Å². The summed E-state index contributed by atoms with van der Waals surface area (Å²) in [6, 6.07) is 8.02. The van der Waals surface area contributed by atoms with Gasteiger partial charge in [0.1, 0.15) is 6.10 Å². The molecule has 1 aromatic rings. The second-order valence-electron chi connectivity index (χ2n) is 4.89. The Hall–Kier alpha value is -1.35. The van der Waals surface area contributed by atoms with Crippen molar-refractivity contribution >= 4 is 11.6 Å². The van der Waals surface area contributed by atoms with Gasteiger partial charge in [0, 0.05) is 12.3 Å². The predicted octanol–water partition coefficient (Wildman–Crippen LogP) is 3.32. The highest BCUT2D eigenvalue weighted by atomic mass is 16.5. The monoisotopic (exact) mass is 247 g/mol. The van der Waals surface area contributed by atoms with Crippen LogP contribution >= 0.6 is 0 Å². The number of benzene rings is 1. The first kappa shape index (κ1) is 13.1. The van der Waals surface area contributed by atoms with Gasteiger partial charge < -0.3 is 10.1 Å². The van der Waals surface area contributed by atoms with Gasteiger partial charge in [-0.05, 0) is 36.8 Å². The number of rotatable bonds is 4. The molecule has 1 aliphatic heterocycles. The number of hydrogen-bond acceptors (Lipinski definition) is 2. The molecule has 0 aliphatic carbocycles. The summed E-state index contributed by atoms with van der Waals surface area (Å²) in [7, 11) is 0. The number of para-hydroxylation sites is 1. The molecular weight excluding hydrogens is 226 g/mol. The van der Waals surface area contributed by atoms with Crippen molar-refractivity contribution in [2.75, 3.05) is 11.9 Å². The Morgan fingerprint density at radius 3 is 2.94 bits per heavy atom. The van der Waals surface area contributed by atoms with Crippen LogP contribution in [0.1, 0.15) is 44.6 Å². The average molecular weight is 247 g/mol. The number of hydrogen-bond donors (Lipinski definition) is 1. The van der Waals surface area contributed by atoms with Crippen LogP contribution in [-0.4, -0.2) is 18.6 Å². The van der Waals surface area contributed by atoms with Crippen LogP contribution in [0.25, 0.3) is 0 Å². The van der Waals surface area contributed by atoms with E-state index in [1.54, 1.807) is 0 Å². The summed E-state index contributed by atoms with van der Waals surface area (Å²) < 4.78 is 5.40. The maximum atomic E-state index is 12.0. The van der Waals surface area contributed by atoms with Gasteiger partial charge in [0.05, 0.1) is 0 Å². The van der Waals surface area contributed by atoms with E-state index in [9.17, 15) is 4.79 Å². The number of amides is 1. The fourth-order valence-corrected chi connectivity index (χ4v) is 2.26. The van der Waals surface area contributed by atoms with Crippen LogP contribution in [0.5, 0.6) is 0 Å². The topological polar surface area (TPSA) is 38.3 Å². The lowest BCUT2D eigenvalue weighted by Gasteiger charge is -2.17. The van der Waals surface area contributed by atoms with Gasteiger partial charge in [-0.2, -0.15) is 0 Å². The lowest BCUT2D eigenvalue weighted by molar-refractivity contribution is -0.124. The van der Waals surface area contributed by atoms with Gasteiger partial charge in [0.25, 0.3) is 5.91 Å². The molecule has 2 atom stereocenters. The van der Waals surface area contributed by atoms with Crippen molar-refractivity contribution in [3.8, 4) is 0 Å². The number of carbonyl (C=O) groups is 1. The van der Waals surface area contributed by atoms with E-state index in [2.05, 4.69) is 25.2 Å². The van der Waals surface area contributed by atoms with Crippen LogP contribution in [0.2, 0.25) is 0 Å². The van der Waals surface area contributed by atoms with Gasteiger partial charge >= 0.3 is 0 Å². The van der Waals surface area contributed by atoms with E-state index >= 15 is 0 Å². The second-order valence-corrected chi connectivity index (χ2v) is 4.89. The van der Waals surface area contributed by atoms with Crippen molar-refractivity contribution in [3.63, 3.8) is 0 Å². The van der Waals surface area contributed by atoms with Crippen molar-refractivity contribution < 1.29 is 9.53 Å². The number of anilines is 1. The van der Waals surface area contributed by atoms with Crippen LogP contribution in [0, 0.1) is 0 Å². The summed E-state index contributed by atoms with van der Waals surface area (Å²) in [5.74, 6) is 0.439. The molecule has 1 saturated heterocycles. The Labute approximate surface area is 109 Å². The minimum Gasteiger partial charge on any atom is -0.368 e. The van der Waals surface area contributed by atoms with Crippen LogP contribution < -0.4 is 5.32 Å². The molecule has 1 amide bonds. The molecule has 0 saturated carbocycles. The Kier molecular flexibility index (Phi) is 4.37. The summed E-state index contributed by atoms with van der Waals surface area (Å²) in [5, 5.41) is 3.00. The van der Waals surface area contributed by atoms with Crippen molar-refractivity contribution in [3.05, 3.63) is 29.8 Å². The smallest absolute Gasteiger partial charge is 0.253 e. The maximum Gasteiger partial charge on any atom is 0.253 e. The number of carbonyl (C=O) groups excluding carboxylic acids is 1. The highest BCUT2D eigenvalue weighted by Crippen LogP contribution is 2.27. The Balaban J connectivity index is 2.10. The van der Waals surface area contributed by atoms with E-state index in [0.29, 0.717) is 12.5 Å². The molecule has 1 aromatic carbocycles. The first-order chi connectivity index (χ1) is 8.72. The summed E-state index contributed by atoms with van der Waals surface area (Å²) >= 11 is 0. The van der Waals surface area contributed by atoms with E-state index in [-0.39, 0.29) is 12.0 Å². The molecule has 0 aromatic heterocycles. The molecule has 2 rings (SSSR count). The van der Waals surface area contributed by atoms with Gasteiger partial charge in [-0.15, -0.1) is 0 Å². The van der Waals surface area contributed by atoms with E-state index in [0.717, 1.165) is 24.9 Å². The average Bonchev–Trinajstić information content (AvgIpc) is 2.92. The Morgan fingerprint density at radius 2 is 2.28 bits per heavy atom. The molecule has 98 valence electrons. The van der Waals surface area contributed by atoms with Crippen LogP contribution in [0.3, 0.4) is 0 Å². The molecule has 0 radical (unpaired) electrons. The minimum absolute atomic E-state index is 0.0109. The maximum absolute atomic E-state index is 12.0. The molecule has 0 unspecified atom stereocenters. The molecule has 0 bridgehead atoms. The first-order valence-corrected chi connectivity index (χ1v) is 6.73. The van der Waals surface area contributed by atoms with Gasteiger partial charge in [0.2, 0.25) is 0 Å². The molecule has 1 heterocycles. The third-order valence-corrected chi connectivity index (χ3v) is 3.58. The quantitative estimate of drug-likeness (QED) is 0.886. The summed E-state index contributed by atoms with van der Waals surface area (Å²) in [5.41, 5.74) is 2.12. The van der Waals surface area contributed by atoms with Gasteiger partial charge in [-0.25, -0.2) is 0 Å². The Morgan fingerprint density at radius 1 is 1.50 bits per heavy atom. The molecule has 18 heavy (non-hydrogen) atoms. The zero-order chi connectivity index (χ0) is 13.0. The van der Waals surface area contributed by atoms with Crippen molar-refractivity contribution in [2.45, 2.75) is 45.1 Å². The molecular formula is C15H21NO2. The number of ether oxygens (including phenoxy) is 1. The highest BCUT2D eigenvalue weighted by Gasteiger charge is 2.24. The third kappa shape index (κ3) is 2.91. The third-order valence-electron chi connectivity index (χ3n) is 3.58. The van der Waals surface area contributed by atoms with Crippen LogP contribution in [-0.2, 0) is 9.53 Å².